The highest BCUT2D eigenvalue weighted by Gasteiger charge is 2.23. The number of nitrogens with zero attached hydrogens (tertiary/aromatic N) is 2. The maximum absolute atomic E-state index is 4.28. The summed E-state index contributed by atoms with van der Waals surface area (Å²) in [6.45, 7) is 27.3. The molecule has 1 aromatic heterocycles. The van der Waals surface area contributed by atoms with Gasteiger partial charge in [-0.15, -0.1) is 0 Å². The van der Waals surface area contributed by atoms with Gasteiger partial charge in [-0.25, -0.2) is 0 Å². The number of aryl methyl sites for hydroxylation is 1. The van der Waals surface area contributed by atoms with Crippen LogP contribution in [0.25, 0.3) is 51.0 Å². The molecule has 2 heteroatoms. The molecule has 0 saturated carbocycles. The zero-order valence-corrected chi connectivity index (χ0v) is 43.6. The maximum atomic E-state index is 4.28. The van der Waals surface area contributed by atoms with Crippen molar-refractivity contribution in [3.63, 3.8) is 0 Å². The van der Waals surface area contributed by atoms with Gasteiger partial charge in [-0.05, 0) is 156 Å². The molecule has 0 aliphatic rings. The van der Waals surface area contributed by atoms with Crippen molar-refractivity contribution < 1.29 is 0 Å². The van der Waals surface area contributed by atoms with Crippen LogP contribution in [0, 0.1) is 6.92 Å². The Kier molecular flexibility index (Phi) is 17.0. The van der Waals surface area contributed by atoms with Crippen LogP contribution in [0.4, 0.5) is 11.4 Å². The van der Waals surface area contributed by atoms with E-state index >= 15 is 0 Å². The molecule has 364 valence electrons. The van der Waals surface area contributed by atoms with Crippen molar-refractivity contribution in [3.8, 4) is 5.69 Å². The summed E-state index contributed by atoms with van der Waals surface area (Å²) in [6.07, 6.45) is 25.6. The molecule has 0 spiro atoms. The van der Waals surface area contributed by atoms with Gasteiger partial charge in [0.25, 0.3) is 0 Å². The third-order valence-electron chi connectivity index (χ3n) is 13.6. The van der Waals surface area contributed by atoms with E-state index in [0.717, 1.165) is 72.9 Å². The molecule has 0 fully saturated rings. The van der Waals surface area contributed by atoms with Gasteiger partial charge in [0, 0.05) is 40.1 Å². The SMILES string of the molecule is C=C/C=C(/C(C=C)=C/C=C(\C)N(c1ccc(/C(C)=C/C=C(\C=C)c2cccc(/C=C\C)c2C=C)cc1)c1cccc(Cc2c(/C(=C\C)c3ccccc3)n(-c3ccccc3)c3ccccc23)c1)c1ccccc1C. The fourth-order valence-electron chi connectivity index (χ4n) is 9.96. The third kappa shape index (κ3) is 11.2. The summed E-state index contributed by atoms with van der Waals surface area (Å²) in [7, 11) is 0. The number of rotatable bonds is 19. The van der Waals surface area contributed by atoms with Crippen molar-refractivity contribution in [2.45, 2.75) is 41.0 Å². The highest BCUT2D eigenvalue weighted by molar-refractivity contribution is 5.96. The molecule has 2 nitrogen and oxygen atoms in total. The first-order valence-electron chi connectivity index (χ1n) is 25.4. The van der Waals surface area contributed by atoms with Crippen LogP contribution < -0.4 is 4.90 Å². The van der Waals surface area contributed by atoms with E-state index in [1.165, 1.54) is 44.4 Å². The van der Waals surface area contributed by atoms with Gasteiger partial charge in [-0.3, -0.25) is 0 Å². The van der Waals surface area contributed by atoms with E-state index < -0.39 is 0 Å². The van der Waals surface area contributed by atoms with Gasteiger partial charge in [0.1, 0.15) is 0 Å². The number of hydrogen-bond acceptors (Lipinski definition) is 1. The molecule has 0 radical (unpaired) electrons. The second-order valence-electron chi connectivity index (χ2n) is 18.3. The van der Waals surface area contributed by atoms with Crippen LogP contribution in [0.2, 0.25) is 0 Å². The summed E-state index contributed by atoms with van der Waals surface area (Å²) in [5.74, 6) is 0. The molecule has 8 aromatic rings. The van der Waals surface area contributed by atoms with Crippen LogP contribution >= 0.6 is 0 Å². The van der Waals surface area contributed by atoms with E-state index in [1.807, 2.05) is 31.2 Å². The molecule has 0 aliphatic heterocycles. The van der Waals surface area contributed by atoms with E-state index in [-0.39, 0.29) is 0 Å². The van der Waals surface area contributed by atoms with E-state index in [2.05, 4.69) is 288 Å². The number of fused-ring (bicyclic) bond motifs is 1. The molecule has 0 amide bonds. The molecule has 7 aromatic carbocycles. The Morgan fingerprint density at radius 3 is 1.97 bits per heavy atom. The smallest absolute Gasteiger partial charge is 0.0579 e. The summed E-state index contributed by atoms with van der Waals surface area (Å²) < 4.78 is 2.44. The summed E-state index contributed by atoms with van der Waals surface area (Å²) in [5.41, 5.74) is 22.5. The minimum Gasteiger partial charge on any atom is -0.315 e. The fourth-order valence-corrected chi connectivity index (χ4v) is 9.96. The third-order valence-corrected chi connectivity index (χ3v) is 13.6. The summed E-state index contributed by atoms with van der Waals surface area (Å²) in [5, 5.41) is 1.23. The topological polar surface area (TPSA) is 8.17 Å². The molecule has 0 atom stereocenters. The number of allylic oxidation sites excluding steroid dienone is 15. The Morgan fingerprint density at radius 2 is 1.28 bits per heavy atom. The van der Waals surface area contributed by atoms with Gasteiger partial charge in [0.05, 0.1) is 11.2 Å². The van der Waals surface area contributed by atoms with Gasteiger partial charge < -0.3 is 9.47 Å². The second-order valence-corrected chi connectivity index (χ2v) is 18.3. The normalized spacial score (nSPS) is 12.8. The molecule has 0 aliphatic carbocycles. The first-order valence-corrected chi connectivity index (χ1v) is 25.4. The molecule has 0 unspecified atom stereocenters. The minimum atomic E-state index is 0.716. The predicted octanol–water partition coefficient (Wildman–Crippen LogP) is 19.8. The molecule has 0 N–H and O–H groups in total. The van der Waals surface area contributed by atoms with E-state index in [4.69, 9.17) is 0 Å². The number of anilines is 2. The first kappa shape index (κ1) is 51.4. The van der Waals surface area contributed by atoms with Crippen molar-refractivity contribution in [1.82, 2.24) is 4.57 Å². The summed E-state index contributed by atoms with van der Waals surface area (Å²) in [6, 6.07) is 63.0. The summed E-state index contributed by atoms with van der Waals surface area (Å²) >= 11 is 0. The molecule has 0 saturated heterocycles. The average molecular weight is 959 g/mol. The highest BCUT2D eigenvalue weighted by atomic mass is 15.1. The van der Waals surface area contributed by atoms with Crippen LogP contribution in [-0.4, -0.2) is 4.57 Å². The summed E-state index contributed by atoms with van der Waals surface area (Å²) in [4.78, 5) is 2.36. The van der Waals surface area contributed by atoms with Gasteiger partial charge >= 0.3 is 0 Å². The molecule has 8 rings (SSSR count). The van der Waals surface area contributed by atoms with Crippen LogP contribution in [0.3, 0.4) is 0 Å². The van der Waals surface area contributed by atoms with Crippen LogP contribution in [0.1, 0.15) is 83.5 Å². The Hall–Kier alpha value is -8.98. The zero-order valence-electron chi connectivity index (χ0n) is 43.6. The van der Waals surface area contributed by atoms with Crippen LogP contribution in [0.15, 0.2) is 274 Å². The van der Waals surface area contributed by atoms with Crippen molar-refractivity contribution in [1.29, 1.82) is 0 Å². The molecule has 0 bridgehead atoms. The van der Waals surface area contributed by atoms with Crippen molar-refractivity contribution in [2.75, 3.05) is 4.90 Å². The monoisotopic (exact) mass is 959 g/mol. The zero-order chi connectivity index (χ0) is 52.0. The average Bonchev–Trinajstić information content (AvgIpc) is 3.75. The Morgan fingerprint density at radius 1 is 0.595 bits per heavy atom. The lowest BCUT2D eigenvalue weighted by Gasteiger charge is -2.27. The standard InChI is InChI=1S/C72H66N2/c1-10-28-59-34-27-40-68(64(59)14-5)56(12-3)44-42-52(7)58-46-48-62(49-47-58)73(54(9)43-45-57(13-4)67(29-11-2)66-38-23-22-30-53(66)8)63-37-26-31-55(50-63)51-70-69-39-24-25-41-71(69)74(61-35-20-17-21-36-61)72(70)65(15-6)60-32-18-16-19-33-60/h10-50H,2-5,51H2,1,6-9H3/b28-10-,52-42+,54-43+,56-44+,57-45+,65-15-,67-29-. The molecular weight excluding hydrogens is 893 g/mol. The Balaban J connectivity index is 1.24. The van der Waals surface area contributed by atoms with Crippen LogP contribution in [0.5, 0.6) is 0 Å². The number of hydrogen-bond donors (Lipinski definition) is 0. The van der Waals surface area contributed by atoms with Gasteiger partial charge in [-0.2, -0.15) is 0 Å². The lowest BCUT2D eigenvalue weighted by molar-refractivity contribution is 1.06. The number of aromatic nitrogens is 1. The van der Waals surface area contributed by atoms with E-state index in [0.29, 0.717) is 6.42 Å². The Labute approximate surface area is 440 Å². The lowest BCUT2D eigenvalue weighted by Crippen LogP contribution is -2.14. The highest BCUT2D eigenvalue weighted by Crippen LogP contribution is 2.40. The van der Waals surface area contributed by atoms with Gasteiger partial charge in [-0.1, -0.05) is 227 Å². The number of para-hydroxylation sites is 2. The fraction of sp³-hybridized carbons (Fsp3) is 0.0833. The second kappa shape index (κ2) is 24.4. The van der Waals surface area contributed by atoms with Crippen molar-refractivity contribution >= 4 is 56.7 Å². The molecule has 74 heavy (non-hydrogen) atoms. The molecular formula is C72H66N2. The van der Waals surface area contributed by atoms with Gasteiger partial charge in [0.2, 0.25) is 0 Å². The lowest BCUT2D eigenvalue weighted by atomic mass is 9.93. The number of benzene rings is 7. The largest absolute Gasteiger partial charge is 0.315 e. The Bertz CT molecular complexity index is 3560. The van der Waals surface area contributed by atoms with Gasteiger partial charge in [0.15, 0.2) is 0 Å². The van der Waals surface area contributed by atoms with E-state index in [1.54, 1.807) is 0 Å². The van der Waals surface area contributed by atoms with Crippen LogP contribution in [-0.2, 0) is 6.42 Å². The first-order chi connectivity index (χ1) is 36.2. The van der Waals surface area contributed by atoms with E-state index in [9.17, 15) is 0 Å². The van der Waals surface area contributed by atoms with Crippen molar-refractivity contribution in [2.24, 2.45) is 0 Å². The van der Waals surface area contributed by atoms with Crippen molar-refractivity contribution in [3.05, 3.63) is 330 Å². The maximum Gasteiger partial charge on any atom is 0.0579 e. The quantitative estimate of drug-likeness (QED) is 0.0733. The molecule has 1 heterocycles. The predicted molar refractivity (Wildman–Crippen MR) is 325 cm³/mol. The minimum absolute atomic E-state index is 0.716.